The Bertz CT molecular complexity index is 23.6. The van der Waals surface area contributed by atoms with E-state index in [1.165, 1.54) is 0 Å². The summed E-state index contributed by atoms with van der Waals surface area (Å²) < 4.78 is -0.0849. The van der Waals surface area contributed by atoms with E-state index < -0.39 is 0 Å². The molecule has 0 spiro atoms. The van der Waals surface area contributed by atoms with Crippen molar-refractivity contribution in [2.45, 2.75) is 3.66 Å². The Morgan fingerprint density at radius 1 is 2.00 bits per heavy atom. The minimum absolute atomic E-state index is 0.0849. The van der Waals surface area contributed by atoms with Gasteiger partial charge in [0.2, 0.25) is 0 Å². The Labute approximate surface area is 52.9 Å². The molecule has 2 radical (unpaired) electrons. The number of rotatable bonds is 1. The van der Waals surface area contributed by atoms with Crippen LogP contribution in [0.3, 0.4) is 0 Å². The van der Waals surface area contributed by atoms with E-state index in [1.54, 1.807) is 0 Å². The van der Waals surface area contributed by atoms with Crippen molar-refractivity contribution in [1.29, 1.82) is 0 Å². The molecule has 0 fully saturated rings. The molecule has 0 aliphatic rings. The molecule has 0 saturated carbocycles. The normalized spacial score (nSPS) is 15.0. The third kappa shape index (κ3) is 5.23. The number of aliphatic hydroxyl groups is 1. The standard InChI is InChI=1S/C2H5OS.Pb.H/c3-1-2-4;;/h1,3-4H,2H2;;. The van der Waals surface area contributed by atoms with Crippen molar-refractivity contribution in [2.24, 2.45) is 0 Å². The molecule has 0 rings (SSSR count). The first-order valence-corrected chi connectivity index (χ1v) is 4.54. The van der Waals surface area contributed by atoms with Crippen molar-refractivity contribution in [3.05, 3.63) is 0 Å². The predicted octanol–water partition coefficient (Wildman–Crippen LogP) is -0.865. The van der Waals surface area contributed by atoms with Crippen molar-refractivity contribution in [1.82, 2.24) is 0 Å². The van der Waals surface area contributed by atoms with E-state index in [-0.39, 0.29) is 3.66 Å². The number of hydrogen-bond donors (Lipinski definition) is 2. The number of thiol groups is 1. The van der Waals surface area contributed by atoms with Crippen LogP contribution in [0.4, 0.5) is 0 Å². The molecule has 0 saturated heterocycles. The maximum atomic E-state index is 8.36. The summed E-state index contributed by atoms with van der Waals surface area (Å²) in [6, 6.07) is 0. The molecule has 0 aliphatic carbocycles. The Balaban J connectivity index is 2.54. The summed E-state index contributed by atoms with van der Waals surface area (Å²) >= 11 is 4.49. The number of aliphatic hydroxyl groups excluding tert-OH is 1. The Kier molecular flexibility index (Phi) is 4.27. The van der Waals surface area contributed by atoms with Crippen LogP contribution < -0.4 is 0 Å². The van der Waals surface area contributed by atoms with Gasteiger partial charge in [-0.3, -0.25) is 0 Å². The van der Waals surface area contributed by atoms with Crippen LogP contribution in [0.15, 0.2) is 0 Å². The van der Waals surface area contributed by atoms with Gasteiger partial charge in [0.05, 0.1) is 0 Å². The van der Waals surface area contributed by atoms with Gasteiger partial charge >= 0.3 is 52.9 Å². The first kappa shape index (κ1) is 6.23. The Morgan fingerprint density at radius 3 is 2.20 bits per heavy atom. The van der Waals surface area contributed by atoms with Crippen LogP contribution in [-0.4, -0.2) is 40.3 Å². The second kappa shape index (κ2) is 3.42. The molecule has 1 nitrogen and oxygen atoms in total. The van der Waals surface area contributed by atoms with Crippen LogP contribution in [0, 0.1) is 0 Å². The van der Waals surface area contributed by atoms with Gasteiger partial charge in [-0.15, -0.1) is 0 Å². The first-order chi connectivity index (χ1) is 2.27. The third-order valence-corrected chi connectivity index (χ3v) is 3.02. The van der Waals surface area contributed by atoms with Gasteiger partial charge in [-0.2, -0.15) is 0 Å². The van der Waals surface area contributed by atoms with Crippen LogP contribution in [0.1, 0.15) is 0 Å². The van der Waals surface area contributed by atoms with Gasteiger partial charge in [0.1, 0.15) is 0 Å². The van der Waals surface area contributed by atoms with Crippen molar-refractivity contribution >= 4 is 38.4 Å². The minimum atomic E-state index is -0.0849. The Morgan fingerprint density at radius 2 is 2.20 bits per heavy atom. The molecule has 0 aromatic heterocycles. The molecular formula is C2H6OPbS. The molecule has 0 bridgehead atoms. The average molecular weight is 285 g/mol. The van der Waals surface area contributed by atoms with Crippen LogP contribution >= 0.6 is 12.6 Å². The SMILES string of the molecule is O[CH]([PbH])CS. The van der Waals surface area contributed by atoms with Crippen LogP contribution in [0.5, 0.6) is 0 Å². The monoisotopic (exact) mass is 286 g/mol. The average Bonchev–Trinajstić information content (AvgIpc) is 1.38. The summed E-state index contributed by atoms with van der Waals surface area (Å²) in [7, 11) is 0. The summed E-state index contributed by atoms with van der Waals surface area (Å²) in [5, 5.41) is 8.36. The molecule has 5 heavy (non-hydrogen) atoms. The van der Waals surface area contributed by atoms with Crippen molar-refractivity contribution in [3.8, 4) is 0 Å². The molecule has 0 heterocycles. The molecule has 30 valence electrons. The van der Waals surface area contributed by atoms with Gasteiger partial charge in [-0.1, -0.05) is 0 Å². The molecule has 3 heteroatoms. The zero-order chi connectivity index (χ0) is 4.28. The van der Waals surface area contributed by atoms with Crippen molar-refractivity contribution in [3.63, 3.8) is 0 Å². The van der Waals surface area contributed by atoms with Gasteiger partial charge in [-0.25, -0.2) is 0 Å². The Hall–Kier alpha value is 1.23. The molecule has 1 atom stereocenters. The first-order valence-electron chi connectivity index (χ1n) is 1.32. The fourth-order valence-corrected chi connectivity index (χ4v) is 0. The fourth-order valence-electron chi connectivity index (χ4n) is 0. The summed E-state index contributed by atoms with van der Waals surface area (Å²) in [4.78, 5) is 0. The summed E-state index contributed by atoms with van der Waals surface area (Å²) in [5.74, 6) is 0.630. The van der Waals surface area contributed by atoms with Crippen LogP contribution in [0.25, 0.3) is 0 Å². The van der Waals surface area contributed by atoms with Gasteiger partial charge in [0.15, 0.2) is 0 Å². The zero-order valence-electron chi connectivity index (χ0n) is 2.76. The molecule has 0 aromatic carbocycles. The van der Waals surface area contributed by atoms with Gasteiger partial charge < -0.3 is 0 Å². The number of hydrogen-bond acceptors (Lipinski definition) is 2. The van der Waals surface area contributed by atoms with Crippen LogP contribution in [0.2, 0.25) is 0 Å². The predicted molar refractivity (Wildman–Crippen MR) is 27.0 cm³/mol. The van der Waals surface area contributed by atoms with E-state index in [9.17, 15) is 0 Å². The van der Waals surface area contributed by atoms with Crippen molar-refractivity contribution in [2.75, 3.05) is 5.75 Å². The van der Waals surface area contributed by atoms with E-state index in [0.717, 1.165) is 0 Å². The van der Waals surface area contributed by atoms with E-state index in [2.05, 4.69) is 12.6 Å². The zero-order valence-corrected chi connectivity index (χ0v) is 8.14. The topological polar surface area (TPSA) is 20.2 Å². The van der Waals surface area contributed by atoms with Crippen molar-refractivity contribution < 1.29 is 5.11 Å². The molecule has 0 aliphatic heterocycles. The van der Waals surface area contributed by atoms with E-state index in [1.807, 2.05) is 0 Å². The van der Waals surface area contributed by atoms with Gasteiger partial charge in [-0.05, 0) is 0 Å². The molecular weight excluding hydrogens is 279 g/mol. The molecule has 0 aromatic rings. The second-order valence-corrected chi connectivity index (χ2v) is 4.11. The second-order valence-electron chi connectivity index (χ2n) is 0.750. The molecule has 1 unspecified atom stereocenters. The molecule has 1 N–H and O–H groups in total. The summed E-state index contributed by atoms with van der Waals surface area (Å²) in [5.41, 5.74) is 0. The summed E-state index contributed by atoms with van der Waals surface area (Å²) in [6.45, 7) is 0. The van der Waals surface area contributed by atoms with Crippen LogP contribution in [-0.2, 0) is 0 Å². The van der Waals surface area contributed by atoms with E-state index in [0.29, 0.717) is 31.5 Å². The maximum absolute atomic E-state index is 8.36. The quantitative estimate of drug-likeness (QED) is 0.474. The summed E-state index contributed by atoms with van der Waals surface area (Å²) in [6.07, 6.45) is 0. The van der Waals surface area contributed by atoms with Gasteiger partial charge in [0.25, 0.3) is 0 Å². The van der Waals surface area contributed by atoms with E-state index >= 15 is 0 Å². The van der Waals surface area contributed by atoms with Gasteiger partial charge in [0, 0.05) is 0 Å². The third-order valence-electron chi connectivity index (χ3n) is 0.187. The fraction of sp³-hybridized carbons (Fsp3) is 1.00. The van der Waals surface area contributed by atoms with E-state index in [4.69, 9.17) is 5.11 Å². The molecule has 0 amide bonds.